The Bertz CT molecular complexity index is 143. The topological polar surface area (TPSA) is 15.7 Å². The van der Waals surface area contributed by atoms with E-state index < -0.39 is 0 Å². The minimum absolute atomic E-state index is 0.708. The Hall–Kier alpha value is -0.640. The van der Waals surface area contributed by atoms with E-state index in [0.717, 1.165) is 19.8 Å². The van der Waals surface area contributed by atoms with Crippen molar-refractivity contribution in [1.29, 1.82) is 0 Å². The Kier molecular flexibility index (Phi) is 4.00. The van der Waals surface area contributed by atoms with Crippen molar-refractivity contribution in [1.82, 2.24) is 9.80 Å². The van der Waals surface area contributed by atoms with Gasteiger partial charge in [-0.3, -0.25) is 9.80 Å². The molecular weight excluding hydrogens is 152 g/mol. The number of nitrogens with zero attached hydrogens (tertiary/aromatic N) is 2. The third-order valence-corrected chi connectivity index (χ3v) is 1.72. The molecule has 1 heterocycles. The van der Waals surface area contributed by atoms with E-state index in [0.29, 0.717) is 13.5 Å². The maximum absolute atomic E-state index is 5.36. The van der Waals surface area contributed by atoms with E-state index in [-0.39, 0.29) is 0 Å². The largest absolute Gasteiger partial charge is 0.351 e. The molecule has 3 heteroatoms. The first-order valence-electron chi connectivity index (χ1n) is 4.11. The first kappa shape index (κ1) is 9.45. The third kappa shape index (κ3) is 2.77. The van der Waals surface area contributed by atoms with Crippen LogP contribution in [0.5, 0.6) is 0 Å². The molecule has 0 aromatic rings. The van der Waals surface area contributed by atoms with Crippen LogP contribution in [0.4, 0.5) is 0 Å². The summed E-state index contributed by atoms with van der Waals surface area (Å²) in [6.45, 7) is 11.5. The van der Waals surface area contributed by atoms with E-state index in [1.807, 2.05) is 12.2 Å². The van der Waals surface area contributed by atoms with Crippen LogP contribution in [0, 0.1) is 0 Å². The van der Waals surface area contributed by atoms with E-state index in [1.165, 1.54) is 0 Å². The first-order valence-corrected chi connectivity index (χ1v) is 4.11. The molecule has 0 aliphatic carbocycles. The molecule has 0 atom stereocenters. The normalized spacial score (nSPS) is 20.7. The zero-order chi connectivity index (χ0) is 8.81. The number of ether oxygens (including phenoxy) is 1. The summed E-state index contributed by atoms with van der Waals surface area (Å²) in [6.07, 6.45) is 3.78. The smallest absolute Gasteiger partial charge is 0.102 e. The molecule has 1 aliphatic rings. The fraction of sp³-hybridized carbons (Fsp3) is 0.556. The molecule has 1 saturated heterocycles. The summed E-state index contributed by atoms with van der Waals surface area (Å²) < 4.78 is 5.36. The number of rotatable bonds is 4. The second-order valence-corrected chi connectivity index (χ2v) is 2.89. The van der Waals surface area contributed by atoms with Gasteiger partial charge in [0.1, 0.15) is 13.5 Å². The molecule has 1 fully saturated rings. The summed E-state index contributed by atoms with van der Waals surface area (Å²) in [6, 6.07) is 0. The molecule has 0 radical (unpaired) electrons. The van der Waals surface area contributed by atoms with Gasteiger partial charge >= 0.3 is 0 Å². The van der Waals surface area contributed by atoms with Crippen LogP contribution in [0.1, 0.15) is 0 Å². The zero-order valence-corrected chi connectivity index (χ0v) is 7.41. The van der Waals surface area contributed by atoms with Crippen LogP contribution in [0.2, 0.25) is 0 Å². The summed E-state index contributed by atoms with van der Waals surface area (Å²) in [4.78, 5) is 4.36. The summed E-state index contributed by atoms with van der Waals surface area (Å²) in [5.41, 5.74) is 0. The molecule has 68 valence electrons. The SMILES string of the molecule is C=CCN1COCN(CC=C)C1. The van der Waals surface area contributed by atoms with Crippen LogP contribution < -0.4 is 0 Å². The Morgan fingerprint density at radius 2 is 1.58 bits per heavy atom. The predicted molar refractivity (Wildman–Crippen MR) is 49.5 cm³/mol. The van der Waals surface area contributed by atoms with Crippen molar-refractivity contribution in [3.8, 4) is 0 Å². The highest BCUT2D eigenvalue weighted by atomic mass is 16.5. The molecule has 1 aliphatic heterocycles. The molecule has 0 amide bonds. The Morgan fingerprint density at radius 3 is 2.00 bits per heavy atom. The lowest BCUT2D eigenvalue weighted by Crippen LogP contribution is -2.46. The summed E-state index contributed by atoms with van der Waals surface area (Å²) in [5, 5.41) is 0. The highest BCUT2D eigenvalue weighted by Gasteiger charge is 2.14. The van der Waals surface area contributed by atoms with Crippen LogP contribution in [0.15, 0.2) is 25.3 Å². The Balaban J connectivity index is 2.29. The van der Waals surface area contributed by atoms with Gasteiger partial charge in [0.05, 0.1) is 6.67 Å². The Morgan fingerprint density at radius 1 is 1.08 bits per heavy atom. The standard InChI is InChI=1S/C9H16N2O/c1-3-5-10-7-11(6-4-2)9-12-8-10/h3-4H,1-2,5-9H2. The number of hydrogen-bond acceptors (Lipinski definition) is 3. The second-order valence-electron chi connectivity index (χ2n) is 2.89. The lowest BCUT2D eigenvalue weighted by atomic mass is 10.5. The van der Waals surface area contributed by atoms with Crippen LogP contribution in [-0.4, -0.2) is 43.0 Å². The monoisotopic (exact) mass is 168 g/mol. The highest BCUT2D eigenvalue weighted by Crippen LogP contribution is 2.02. The lowest BCUT2D eigenvalue weighted by molar-refractivity contribution is -0.102. The van der Waals surface area contributed by atoms with Crippen molar-refractivity contribution in [2.45, 2.75) is 0 Å². The fourth-order valence-electron chi connectivity index (χ4n) is 1.25. The molecular formula is C9H16N2O. The number of hydrogen-bond donors (Lipinski definition) is 0. The molecule has 0 unspecified atom stereocenters. The Labute approximate surface area is 73.9 Å². The maximum atomic E-state index is 5.36. The summed E-state index contributed by atoms with van der Waals surface area (Å²) >= 11 is 0. The molecule has 3 nitrogen and oxygen atoms in total. The fourth-order valence-corrected chi connectivity index (χ4v) is 1.25. The van der Waals surface area contributed by atoms with Gasteiger partial charge in [-0.25, -0.2) is 0 Å². The zero-order valence-electron chi connectivity index (χ0n) is 7.41. The molecule has 0 N–H and O–H groups in total. The maximum Gasteiger partial charge on any atom is 0.102 e. The van der Waals surface area contributed by atoms with Gasteiger partial charge in [-0.2, -0.15) is 0 Å². The van der Waals surface area contributed by atoms with Crippen LogP contribution >= 0.6 is 0 Å². The van der Waals surface area contributed by atoms with E-state index in [2.05, 4.69) is 23.0 Å². The van der Waals surface area contributed by atoms with Gasteiger partial charge in [0.15, 0.2) is 0 Å². The van der Waals surface area contributed by atoms with Crippen molar-refractivity contribution < 1.29 is 4.74 Å². The van der Waals surface area contributed by atoms with Crippen molar-refractivity contribution >= 4 is 0 Å². The predicted octanol–water partition coefficient (Wildman–Crippen LogP) is 0.865. The van der Waals surface area contributed by atoms with Crippen LogP contribution in [0.3, 0.4) is 0 Å². The molecule has 12 heavy (non-hydrogen) atoms. The van der Waals surface area contributed by atoms with Crippen molar-refractivity contribution in [3.63, 3.8) is 0 Å². The molecule has 1 rings (SSSR count). The average molecular weight is 168 g/mol. The van der Waals surface area contributed by atoms with Gasteiger partial charge in [-0.15, -0.1) is 13.2 Å². The van der Waals surface area contributed by atoms with Gasteiger partial charge in [-0.1, -0.05) is 12.2 Å². The van der Waals surface area contributed by atoms with E-state index in [9.17, 15) is 0 Å². The second kappa shape index (κ2) is 5.09. The van der Waals surface area contributed by atoms with Crippen molar-refractivity contribution in [3.05, 3.63) is 25.3 Å². The van der Waals surface area contributed by atoms with Crippen molar-refractivity contribution in [2.75, 3.05) is 33.2 Å². The van der Waals surface area contributed by atoms with Crippen molar-refractivity contribution in [2.24, 2.45) is 0 Å². The molecule has 0 saturated carbocycles. The third-order valence-electron chi connectivity index (χ3n) is 1.72. The average Bonchev–Trinajstić information content (AvgIpc) is 2.06. The minimum atomic E-state index is 0.708. The van der Waals surface area contributed by atoms with Gasteiger partial charge in [0.2, 0.25) is 0 Å². The lowest BCUT2D eigenvalue weighted by Gasteiger charge is -2.33. The quantitative estimate of drug-likeness (QED) is 0.579. The van der Waals surface area contributed by atoms with Gasteiger partial charge in [-0.05, 0) is 0 Å². The van der Waals surface area contributed by atoms with Crippen LogP contribution in [0.25, 0.3) is 0 Å². The summed E-state index contributed by atoms with van der Waals surface area (Å²) in [5.74, 6) is 0. The van der Waals surface area contributed by atoms with E-state index in [4.69, 9.17) is 4.74 Å². The molecule has 0 bridgehead atoms. The first-order chi connectivity index (χ1) is 5.86. The van der Waals surface area contributed by atoms with E-state index >= 15 is 0 Å². The summed E-state index contributed by atoms with van der Waals surface area (Å²) in [7, 11) is 0. The van der Waals surface area contributed by atoms with Crippen LogP contribution in [-0.2, 0) is 4.74 Å². The molecule has 0 spiro atoms. The molecule has 0 aromatic heterocycles. The highest BCUT2D eigenvalue weighted by molar-refractivity contribution is 4.76. The van der Waals surface area contributed by atoms with E-state index in [1.54, 1.807) is 0 Å². The van der Waals surface area contributed by atoms with Gasteiger partial charge in [0, 0.05) is 13.1 Å². The molecule has 0 aromatic carbocycles. The minimum Gasteiger partial charge on any atom is -0.351 e. The van der Waals surface area contributed by atoms with Gasteiger partial charge in [0.25, 0.3) is 0 Å². The van der Waals surface area contributed by atoms with Gasteiger partial charge < -0.3 is 4.74 Å².